The molecule has 9 N–H and O–H groups in total. The molecular formula is C6H24N3O4PS6. The summed E-state index contributed by atoms with van der Waals surface area (Å²) < 4.78 is 8.88. The van der Waals surface area contributed by atoms with Crippen molar-refractivity contribution in [2.24, 2.45) is 15.4 Å². The van der Waals surface area contributed by atoms with Crippen molar-refractivity contribution >= 4 is 73.1 Å². The van der Waals surface area contributed by atoms with E-state index in [4.69, 9.17) is 34.7 Å². The Morgan fingerprint density at radius 3 is 0.900 bits per heavy atom. The van der Waals surface area contributed by atoms with Gasteiger partial charge in [0.1, 0.15) is 0 Å². The lowest BCUT2D eigenvalue weighted by Crippen LogP contribution is -1.68. The van der Waals surface area contributed by atoms with Gasteiger partial charge >= 0.3 is 7.82 Å². The normalized spacial score (nSPS) is 9.25. The Morgan fingerprint density at radius 2 is 0.900 bits per heavy atom. The third kappa shape index (κ3) is 112. The van der Waals surface area contributed by atoms with Crippen LogP contribution < -0.4 is 15.4 Å². The summed E-state index contributed by atoms with van der Waals surface area (Å²) in [5, 5.41) is 15.1. The molecule has 0 spiro atoms. The second-order valence-electron chi connectivity index (χ2n) is 2.02. The van der Waals surface area contributed by atoms with Gasteiger partial charge in [-0.1, -0.05) is 53.2 Å². The summed E-state index contributed by atoms with van der Waals surface area (Å²) >= 11 is 0. The van der Waals surface area contributed by atoms with Crippen LogP contribution in [0.5, 0.6) is 0 Å². The molecule has 0 aromatic carbocycles. The smallest absolute Gasteiger partial charge is 0.303 e. The largest absolute Gasteiger partial charge is 0.466 e. The van der Waals surface area contributed by atoms with Crippen LogP contribution in [-0.2, 0) is 4.57 Å². The average molecular weight is 426 g/mol. The van der Waals surface area contributed by atoms with Crippen LogP contribution in [0.15, 0.2) is 0 Å². The molecule has 0 aliphatic rings. The van der Waals surface area contributed by atoms with Gasteiger partial charge in [-0.3, -0.25) is 15.4 Å². The van der Waals surface area contributed by atoms with Crippen molar-refractivity contribution in [3.63, 3.8) is 0 Å². The maximum Gasteiger partial charge on any atom is 0.466 e. The molecule has 0 fully saturated rings. The Hall–Kier alpha value is 2.09. The quantitative estimate of drug-likeness (QED) is 0.210. The van der Waals surface area contributed by atoms with E-state index in [2.05, 4.69) is 20.8 Å². The van der Waals surface area contributed by atoms with Gasteiger partial charge in [0.05, 0.1) is 0 Å². The van der Waals surface area contributed by atoms with E-state index in [1.165, 1.54) is 32.9 Å². The number of rotatable bonds is 6. The van der Waals surface area contributed by atoms with E-state index in [-0.39, 0.29) is 0 Å². The summed E-state index contributed by atoms with van der Waals surface area (Å²) in [6, 6.07) is 0. The standard InChI is InChI=1S/3C2H7NS2.H3O4P/c3*1-2-4-5-3;1-5(2,3)4/h3*2-3H2,1H3;(H3,1,2,3,4). The lowest BCUT2D eigenvalue weighted by atomic mass is 11.0. The Morgan fingerprint density at radius 1 is 0.750 bits per heavy atom. The molecule has 0 aliphatic carbocycles. The molecule has 14 heteroatoms. The van der Waals surface area contributed by atoms with Gasteiger partial charge in [-0.25, -0.2) is 4.57 Å². The highest BCUT2D eigenvalue weighted by Crippen LogP contribution is 2.25. The van der Waals surface area contributed by atoms with Crippen LogP contribution >= 0.6 is 73.1 Å². The number of hydrogen-bond acceptors (Lipinski definition) is 10. The highest BCUT2D eigenvalue weighted by Gasteiger charge is 2.00. The van der Waals surface area contributed by atoms with Crippen molar-refractivity contribution in [3.8, 4) is 0 Å². The predicted octanol–water partition coefficient (Wildman–Crippen LogP) is 2.86. The Kier molecular flexibility index (Phi) is 43.8. The minimum Gasteiger partial charge on any atom is -0.303 e. The molecule has 0 amide bonds. The van der Waals surface area contributed by atoms with Crippen molar-refractivity contribution in [2.75, 3.05) is 17.3 Å². The summed E-state index contributed by atoms with van der Waals surface area (Å²) in [5.74, 6) is 3.30. The first kappa shape index (κ1) is 30.0. The monoisotopic (exact) mass is 425 g/mol. The Bertz CT molecular complexity index is 164. The van der Waals surface area contributed by atoms with Crippen LogP contribution in [-0.4, -0.2) is 31.9 Å². The van der Waals surface area contributed by atoms with Crippen molar-refractivity contribution in [2.45, 2.75) is 20.8 Å². The summed E-state index contributed by atoms with van der Waals surface area (Å²) in [5.41, 5.74) is 0. The fourth-order valence-electron chi connectivity index (χ4n) is 0.204. The Labute approximate surface area is 145 Å². The van der Waals surface area contributed by atoms with Gasteiger partial charge in [0.25, 0.3) is 0 Å². The van der Waals surface area contributed by atoms with E-state index in [0.717, 1.165) is 17.3 Å². The molecule has 0 aromatic heterocycles. The third-order valence-corrected chi connectivity index (χ3v) is 5.02. The molecule has 0 aromatic rings. The van der Waals surface area contributed by atoms with E-state index in [0.29, 0.717) is 0 Å². The van der Waals surface area contributed by atoms with Gasteiger partial charge < -0.3 is 14.7 Å². The van der Waals surface area contributed by atoms with Gasteiger partial charge in [-0.15, -0.1) is 0 Å². The molecule has 0 bridgehead atoms. The molecule has 0 radical (unpaired) electrons. The topological polar surface area (TPSA) is 156 Å². The summed E-state index contributed by atoms with van der Waals surface area (Å²) in [6.45, 7) is 6.22. The number of phosphoric acid groups is 1. The molecule has 0 heterocycles. The fourth-order valence-corrected chi connectivity index (χ4v) is 1.84. The Balaban J connectivity index is -0.0000000853. The van der Waals surface area contributed by atoms with Gasteiger partial charge in [0, 0.05) is 17.3 Å². The van der Waals surface area contributed by atoms with E-state index < -0.39 is 7.82 Å². The lowest BCUT2D eigenvalue weighted by Gasteiger charge is -1.82. The van der Waals surface area contributed by atoms with E-state index in [1.807, 2.05) is 0 Å². The van der Waals surface area contributed by atoms with Gasteiger partial charge in [0.15, 0.2) is 0 Å². The zero-order valence-corrected chi connectivity index (χ0v) is 17.3. The van der Waals surface area contributed by atoms with Crippen LogP contribution in [0.3, 0.4) is 0 Å². The van der Waals surface area contributed by atoms with Crippen molar-refractivity contribution in [1.82, 2.24) is 0 Å². The first-order valence-corrected chi connectivity index (χ1v) is 13.7. The van der Waals surface area contributed by atoms with Crippen molar-refractivity contribution in [1.29, 1.82) is 0 Å². The van der Waals surface area contributed by atoms with E-state index >= 15 is 0 Å². The predicted molar refractivity (Wildman–Crippen MR) is 104 cm³/mol. The zero-order chi connectivity index (χ0) is 16.9. The minimum atomic E-state index is -4.64. The second-order valence-corrected chi connectivity index (χ2v) is 9.92. The average Bonchev–Trinajstić information content (AvgIpc) is 2.31. The maximum absolute atomic E-state index is 8.88. The maximum atomic E-state index is 8.88. The molecule has 128 valence electrons. The number of hydrogen-bond donors (Lipinski definition) is 6. The lowest BCUT2D eigenvalue weighted by molar-refractivity contribution is 0.275. The molecular weight excluding hydrogens is 401 g/mol. The fraction of sp³-hybridized carbons (Fsp3) is 1.00. The minimum absolute atomic E-state index is 1.10. The second kappa shape index (κ2) is 29.1. The summed E-state index contributed by atoms with van der Waals surface area (Å²) in [6.07, 6.45) is 0. The van der Waals surface area contributed by atoms with E-state index in [1.54, 1.807) is 32.4 Å². The number of nitrogens with two attached hydrogens (primary N) is 3. The molecule has 20 heavy (non-hydrogen) atoms. The SMILES string of the molecule is CCSSN.CCSSN.CCSSN.O=P(O)(O)O. The van der Waals surface area contributed by atoms with Crippen molar-refractivity contribution in [3.05, 3.63) is 0 Å². The molecule has 7 nitrogen and oxygen atoms in total. The molecule has 0 atom stereocenters. The summed E-state index contributed by atoms with van der Waals surface area (Å²) in [7, 11) is 4.29. The van der Waals surface area contributed by atoms with Gasteiger partial charge in [-0.05, 0) is 32.9 Å². The first-order valence-electron chi connectivity index (χ1n) is 4.98. The van der Waals surface area contributed by atoms with Crippen LogP contribution in [0, 0.1) is 0 Å². The van der Waals surface area contributed by atoms with Crippen molar-refractivity contribution < 1.29 is 19.2 Å². The molecule has 0 rings (SSSR count). The first-order chi connectivity index (χ1) is 9.24. The molecule has 0 saturated carbocycles. The van der Waals surface area contributed by atoms with E-state index in [9.17, 15) is 0 Å². The van der Waals surface area contributed by atoms with Gasteiger partial charge in [-0.2, -0.15) is 0 Å². The van der Waals surface area contributed by atoms with Crippen LogP contribution in [0.2, 0.25) is 0 Å². The van der Waals surface area contributed by atoms with Crippen LogP contribution in [0.4, 0.5) is 0 Å². The van der Waals surface area contributed by atoms with Crippen LogP contribution in [0.25, 0.3) is 0 Å². The molecule has 0 unspecified atom stereocenters. The molecule has 0 saturated heterocycles. The summed E-state index contributed by atoms with van der Waals surface area (Å²) in [4.78, 5) is 21.6. The van der Waals surface area contributed by atoms with Gasteiger partial charge in [0.2, 0.25) is 0 Å². The highest BCUT2D eigenvalue weighted by atomic mass is 33.1. The zero-order valence-electron chi connectivity index (χ0n) is 11.5. The van der Waals surface area contributed by atoms with Crippen LogP contribution in [0.1, 0.15) is 20.8 Å². The molecule has 0 aliphatic heterocycles. The third-order valence-electron chi connectivity index (χ3n) is 0.558. The highest BCUT2D eigenvalue weighted by molar-refractivity contribution is 8.76.